The first-order chi connectivity index (χ1) is 19.3. The molecule has 1 aliphatic rings. The van der Waals surface area contributed by atoms with Crippen LogP contribution in [0.1, 0.15) is 65.3 Å². The molecule has 7 heteroatoms. The van der Waals surface area contributed by atoms with Crippen LogP contribution in [-0.4, -0.2) is 46.2 Å². The number of carbonyl (C=O) groups is 2. The van der Waals surface area contributed by atoms with Gasteiger partial charge in [-0.2, -0.15) is 0 Å². The highest BCUT2D eigenvalue weighted by atomic mass is 16.4. The second-order valence-corrected chi connectivity index (χ2v) is 10.3. The van der Waals surface area contributed by atoms with Crippen LogP contribution in [0.5, 0.6) is 0 Å². The molecule has 40 heavy (non-hydrogen) atoms. The van der Waals surface area contributed by atoms with Crippen molar-refractivity contribution < 1.29 is 14.0 Å². The van der Waals surface area contributed by atoms with E-state index in [0.29, 0.717) is 23.6 Å². The fraction of sp³-hybridized carbons (Fsp3) is 0.303. The summed E-state index contributed by atoms with van der Waals surface area (Å²) in [6, 6.07) is 15.6. The number of aryl methyl sites for hydroxylation is 2. The van der Waals surface area contributed by atoms with Gasteiger partial charge in [0.05, 0.1) is 11.3 Å². The molecule has 2 aromatic heterocycles. The average molecular weight is 537 g/mol. The zero-order valence-corrected chi connectivity index (χ0v) is 23.9. The molecule has 5 rings (SSSR count). The molecular weight excluding hydrogens is 500 g/mol. The number of H-pyrrole nitrogens is 1. The van der Waals surface area contributed by atoms with Crippen LogP contribution >= 0.6 is 0 Å². The van der Waals surface area contributed by atoms with Crippen LogP contribution in [0.3, 0.4) is 0 Å². The van der Waals surface area contributed by atoms with Crippen LogP contribution in [-0.2, 0) is 4.79 Å². The van der Waals surface area contributed by atoms with Crippen LogP contribution in [0.2, 0.25) is 0 Å². The number of rotatable bonds is 10. The van der Waals surface area contributed by atoms with E-state index in [1.807, 2.05) is 75.4 Å². The Kier molecular flexibility index (Phi) is 7.85. The number of nitrogens with one attached hydrogen (secondary N) is 2. The molecule has 206 valence electrons. The summed E-state index contributed by atoms with van der Waals surface area (Å²) < 4.78 is 6.13. The summed E-state index contributed by atoms with van der Waals surface area (Å²) in [6.07, 6.45) is 3.19. The highest BCUT2D eigenvalue weighted by molar-refractivity contribution is 6.35. The molecule has 1 aliphatic heterocycles. The molecule has 0 unspecified atom stereocenters. The molecule has 0 saturated heterocycles. The number of ketones is 1. The van der Waals surface area contributed by atoms with Gasteiger partial charge in [0.1, 0.15) is 0 Å². The number of hydrogen-bond donors (Lipinski definition) is 2. The fourth-order valence-corrected chi connectivity index (χ4v) is 5.46. The summed E-state index contributed by atoms with van der Waals surface area (Å²) >= 11 is 0. The number of nitrogens with zero attached hydrogens (tertiary/aromatic N) is 2. The first-order valence-corrected chi connectivity index (χ1v) is 14.0. The van der Waals surface area contributed by atoms with E-state index in [-0.39, 0.29) is 11.7 Å². The molecule has 3 heterocycles. The van der Waals surface area contributed by atoms with E-state index in [2.05, 4.69) is 34.0 Å². The summed E-state index contributed by atoms with van der Waals surface area (Å²) in [5.41, 5.74) is 7.86. The van der Waals surface area contributed by atoms with Crippen molar-refractivity contribution >= 4 is 29.0 Å². The molecule has 7 nitrogen and oxygen atoms in total. The summed E-state index contributed by atoms with van der Waals surface area (Å²) in [7, 11) is 0. The highest BCUT2D eigenvalue weighted by Gasteiger charge is 2.27. The Bertz CT molecular complexity index is 1590. The van der Waals surface area contributed by atoms with Crippen molar-refractivity contribution in [3.8, 4) is 22.8 Å². The number of aromatic nitrogens is 2. The van der Waals surface area contributed by atoms with Gasteiger partial charge in [-0.05, 0) is 76.7 Å². The molecule has 4 aromatic rings. The lowest BCUT2D eigenvalue weighted by atomic mass is 9.99. The minimum Gasteiger partial charge on any atom is -0.436 e. The molecule has 2 aromatic carbocycles. The van der Waals surface area contributed by atoms with Crippen LogP contribution in [0, 0.1) is 20.8 Å². The van der Waals surface area contributed by atoms with Crippen molar-refractivity contribution in [3.05, 3.63) is 82.3 Å². The molecule has 0 radical (unpaired) electrons. The number of carbonyl (C=O) groups excluding carboxylic acids is 2. The fourth-order valence-electron chi connectivity index (χ4n) is 5.46. The van der Waals surface area contributed by atoms with Gasteiger partial charge in [0.15, 0.2) is 11.5 Å². The van der Waals surface area contributed by atoms with Crippen molar-refractivity contribution in [3.63, 3.8) is 0 Å². The van der Waals surface area contributed by atoms with Gasteiger partial charge in [0.25, 0.3) is 5.91 Å². The zero-order chi connectivity index (χ0) is 28.4. The quantitative estimate of drug-likeness (QED) is 0.167. The van der Waals surface area contributed by atoms with E-state index in [1.54, 1.807) is 0 Å². The van der Waals surface area contributed by atoms with E-state index in [4.69, 9.17) is 4.42 Å². The van der Waals surface area contributed by atoms with Gasteiger partial charge in [0, 0.05) is 45.7 Å². The third-order valence-electron chi connectivity index (χ3n) is 7.70. The number of benzene rings is 2. The number of fused-ring (bicyclic) bond motifs is 1. The zero-order valence-electron chi connectivity index (χ0n) is 23.9. The number of oxazole rings is 1. The maximum atomic E-state index is 13.1. The third kappa shape index (κ3) is 5.29. The average Bonchev–Trinajstić information content (AvgIpc) is 3.58. The predicted molar refractivity (Wildman–Crippen MR) is 160 cm³/mol. The Hall–Kier alpha value is -4.23. The third-order valence-corrected chi connectivity index (χ3v) is 7.70. The molecule has 0 saturated carbocycles. The van der Waals surface area contributed by atoms with Crippen molar-refractivity contribution in [1.29, 1.82) is 0 Å². The maximum Gasteiger partial charge on any atom is 0.256 e. The second kappa shape index (κ2) is 11.5. The number of aromatic amines is 1. The van der Waals surface area contributed by atoms with Crippen molar-refractivity contribution in [2.45, 2.75) is 47.5 Å². The van der Waals surface area contributed by atoms with Gasteiger partial charge >= 0.3 is 0 Å². The molecule has 1 amide bonds. The molecule has 2 N–H and O–H groups in total. The van der Waals surface area contributed by atoms with E-state index in [1.165, 1.54) is 0 Å². The maximum absolute atomic E-state index is 13.1. The molecule has 0 atom stereocenters. The molecule has 0 fully saturated rings. The smallest absolute Gasteiger partial charge is 0.256 e. The lowest BCUT2D eigenvalue weighted by Crippen LogP contribution is -2.24. The van der Waals surface area contributed by atoms with Crippen molar-refractivity contribution in [2.24, 2.45) is 0 Å². The summed E-state index contributed by atoms with van der Waals surface area (Å²) in [6.45, 7) is 13.0. The van der Waals surface area contributed by atoms with Gasteiger partial charge in [-0.15, -0.1) is 0 Å². The monoisotopic (exact) mass is 536 g/mol. The van der Waals surface area contributed by atoms with Gasteiger partial charge in [-0.3, -0.25) is 9.59 Å². The van der Waals surface area contributed by atoms with Crippen LogP contribution in [0.25, 0.3) is 34.4 Å². The lowest BCUT2D eigenvalue weighted by Gasteiger charge is -2.17. The number of anilines is 1. The first-order valence-electron chi connectivity index (χ1n) is 14.0. The van der Waals surface area contributed by atoms with E-state index in [0.717, 1.165) is 76.6 Å². The molecular formula is C33H36N4O3. The number of hydrogen-bond acceptors (Lipinski definition) is 5. The van der Waals surface area contributed by atoms with Crippen molar-refractivity contribution in [1.82, 2.24) is 14.9 Å². The summed E-state index contributed by atoms with van der Waals surface area (Å²) in [4.78, 5) is 36.4. The van der Waals surface area contributed by atoms with E-state index >= 15 is 0 Å². The number of amides is 1. The molecule has 0 aliphatic carbocycles. The minimum atomic E-state index is -0.176. The standard InChI is InChI=1S/C33H36N4O3/c1-6-37(7-2)17-11-14-29(38)30-20(3)27(34-21(30)4)19-26-25-16-15-24(18-28(25)36-32(26)39)31-22(5)35-33(40-31)23-12-9-8-10-13-23/h8-10,12-13,15-16,18-19,34H,6-7,11,14,17H2,1-5H3,(H,36,39)/b26-19-. The van der Waals surface area contributed by atoms with Gasteiger partial charge in [-0.1, -0.05) is 44.2 Å². The normalized spacial score (nSPS) is 13.8. The molecule has 0 bridgehead atoms. The van der Waals surface area contributed by atoms with Gasteiger partial charge in [0.2, 0.25) is 5.89 Å². The predicted octanol–water partition coefficient (Wildman–Crippen LogP) is 7.06. The lowest BCUT2D eigenvalue weighted by molar-refractivity contribution is -0.110. The Balaban J connectivity index is 1.39. The minimum absolute atomic E-state index is 0.140. The van der Waals surface area contributed by atoms with Crippen LogP contribution in [0.15, 0.2) is 52.9 Å². The SMILES string of the molecule is CCN(CC)CCCC(=O)c1c(C)[nH]c(/C=C2\C(=O)Nc3cc(-c4oc(-c5ccccc5)nc4C)ccc32)c1C. The van der Waals surface area contributed by atoms with E-state index < -0.39 is 0 Å². The Labute approximate surface area is 235 Å². The summed E-state index contributed by atoms with van der Waals surface area (Å²) in [5, 5.41) is 2.99. The van der Waals surface area contributed by atoms with Gasteiger partial charge in [-0.25, -0.2) is 4.98 Å². The van der Waals surface area contributed by atoms with Crippen LogP contribution in [0.4, 0.5) is 5.69 Å². The second-order valence-electron chi connectivity index (χ2n) is 10.3. The Morgan fingerprint density at radius 2 is 1.77 bits per heavy atom. The number of Topliss-reactive ketones (excluding diaryl/α,β-unsaturated/α-hetero) is 1. The van der Waals surface area contributed by atoms with Crippen molar-refractivity contribution in [2.75, 3.05) is 25.0 Å². The first kappa shape index (κ1) is 27.3. The summed E-state index contributed by atoms with van der Waals surface area (Å²) in [5.74, 6) is 1.20. The van der Waals surface area contributed by atoms with E-state index in [9.17, 15) is 9.59 Å². The van der Waals surface area contributed by atoms with Crippen LogP contribution < -0.4 is 5.32 Å². The topological polar surface area (TPSA) is 91.2 Å². The Morgan fingerprint density at radius 3 is 2.50 bits per heavy atom. The highest BCUT2D eigenvalue weighted by Crippen LogP contribution is 2.38. The molecule has 0 spiro atoms. The Morgan fingerprint density at radius 1 is 1.02 bits per heavy atom. The largest absolute Gasteiger partial charge is 0.436 e. The van der Waals surface area contributed by atoms with Gasteiger partial charge < -0.3 is 19.6 Å².